The van der Waals surface area contributed by atoms with Crippen LogP contribution >= 0.6 is 0 Å². The summed E-state index contributed by atoms with van der Waals surface area (Å²) in [4.78, 5) is 36.9. The van der Waals surface area contributed by atoms with Gasteiger partial charge in [-0.25, -0.2) is 23.1 Å². The van der Waals surface area contributed by atoms with Crippen molar-refractivity contribution in [1.82, 2.24) is 24.8 Å². The molecule has 12 nitrogen and oxygen atoms in total. The minimum Gasteiger partial charge on any atom is -0.475 e. The molecule has 6 rings (SSSR count). The quantitative estimate of drug-likeness (QED) is 0.230. The number of anilines is 2. The fourth-order valence-corrected chi connectivity index (χ4v) is 7.93. The Morgan fingerprint density at radius 1 is 1.02 bits per heavy atom. The molecule has 3 heterocycles. The normalized spacial score (nSPS) is 20.2. The molecule has 0 unspecified atom stereocenters. The summed E-state index contributed by atoms with van der Waals surface area (Å²) in [6.45, 7) is 11.3. The Hall–Kier alpha value is -4.62. The predicted molar refractivity (Wildman–Crippen MR) is 196 cm³/mol. The highest BCUT2D eigenvalue weighted by molar-refractivity contribution is 7.92. The van der Waals surface area contributed by atoms with Crippen molar-refractivity contribution < 1.29 is 22.7 Å². The van der Waals surface area contributed by atoms with Crippen LogP contribution in [0.5, 0.6) is 5.88 Å². The number of aryl methyl sites for hydroxylation is 2. The molecule has 270 valence electrons. The Morgan fingerprint density at radius 2 is 1.75 bits per heavy atom. The largest absolute Gasteiger partial charge is 0.475 e. The number of benzene rings is 2. The maximum absolute atomic E-state index is 14.6. The molecule has 0 radical (unpaired) electrons. The summed E-state index contributed by atoms with van der Waals surface area (Å²) in [5.41, 5.74) is 3.96. The average molecular weight is 714 g/mol. The number of nitrogens with one attached hydrogen (secondary N) is 1. The fraction of sp³-hybridized carbons (Fsp3) is 0.447. The molecule has 2 aromatic heterocycles. The highest BCUT2D eigenvalue weighted by Gasteiger charge is 2.34. The molecule has 1 amide bonds. The number of hydrogen-bond donors (Lipinski definition) is 1. The van der Waals surface area contributed by atoms with E-state index in [1.54, 1.807) is 42.6 Å². The number of rotatable bonds is 8. The van der Waals surface area contributed by atoms with Crippen LogP contribution in [-0.2, 0) is 21.3 Å². The van der Waals surface area contributed by atoms with Crippen molar-refractivity contribution in [3.8, 4) is 17.1 Å². The van der Waals surface area contributed by atoms with Crippen molar-refractivity contribution >= 4 is 27.7 Å². The molecule has 1 fully saturated rings. The third kappa shape index (κ3) is 8.31. The minimum absolute atomic E-state index is 0.0841. The van der Waals surface area contributed by atoms with Gasteiger partial charge in [0.2, 0.25) is 11.8 Å². The van der Waals surface area contributed by atoms with Crippen molar-refractivity contribution in [2.75, 3.05) is 37.0 Å². The van der Waals surface area contributed by atoms with E-state index in [9.17, 15) is 13.2 Å². The molecular formula is C38H47N7O5S. The standard InChI is InChI=1S/C38H47N7O5S/c1-24-10-8-11-25(2)35(24)32-17-34-42-37(41-32)43-51(47,48)31-13-9-12-27(16-31)36(46)45(30(23-50-34)18-38(3,4)5)21-28-19-39-20-33(40-28)44(6)29-14-26(15-29)22-49-7/h8-13,16-17,19-20,26,29-30H,14-15,18,21-23H2,1-7H3,(H,41,42,43)/t26?,29?,30-/m1/s1. The Morgan fingerprint density at radius 3 is 2.45 bits per heavy atom. The lowest BCUT2D eigenvalue weighted by molar-refractivity contribution is 0.0509. The van der Waals surface area contributed by atoms with Crippen LogP contribution in [0.2, 0.25) is 0 Å². The topological polar surface area (TPSA) is 140 Å². The first-order valence-electron chi connectivity index (χ1n) is 17.3. The van der Waals surface area contributed by atoms with E-state index in [0.29, 0.717) is 29.8 Å². The van der Waals surface area contributed by atoms with Crippen LogP contribution < -0.4 is 14.4 Å². The molecule has 1 aliphatic heterocycles. The number of fused-ring (bicyclic) bond motifs is 4. The first-order chi connectivity index (χ1) is 24.2. The van der Waals surface area contributed by atoms with Gasteiger partial charge in [-0.05, 0) is 73.8 Å². The van der Waals surface area contributed by atoms with Gasteiger partial charge >= 0.3 is 0 Å². The number of aromatic nitrogens is 4. The van der Waals surface area contributed by atoms with Crippen LogP contribution in [0.25, 0.3) is 11.3 Å². The van der Waals surface area contributed by atoms with Gasteiger partial charge in [0, 0.05) is 44.0 Å². The third-order valence-corrected chi connectivity index (χ3v) is 10.9. The van der Waals surface area contributed by atoms with Gasteiger partial charge < -0.3 is 19.3 Å². The van der Waals surface area contributed by atoms with Crippen LogP contribution in [-0.4, -0.2) is 78.6 Å². The van der Waals surface area contributed by atoms with E-state index in [1.807, 2.05) is 39.1 Å². The van der Waals surface area contributed by atoms with E-state index in [0.717, 1.165) is 42.0 Å². The third-order valence-electron chi connectivity index (χ3n) is 9.56. The number of carbonyl (C=O) groups excluding carboxylic acids is 1. The molecule has 51 heavy (non-hydrogen) atoms. The van der Waals surface area contributed by atoms with Crippen LogP contribution in [0.4, 0.5) is 11.8 Å². The molecule has 2 aromatic carbocycles. The van der Waals surface area contributed by atoms with E-state index in [4.69, 9.17) is 14.5 Å². The molecule has 1 N–H and O–H groups in total. The Labute approximate surface area is 300 Å². The number of ether oxygens (including phenoxy) is 2. The van der Waals surface area contributed by atoms with Gasteiger partial charge in [-0.1, -0.05) is 45.0 Å². The monoisotopic (exact) mass is 713 g/mol. The molecule has 2 aliphatic rings. The molecular weight excluding hydrogens is 667 g/mol. The maximum atomic E-state index is 14.6. The van der Waals surface area contributed by atoms with E-state index < -0.39 is 16.1 Å². The lowest BCUT2D eigenvalue weighted by Gasteiger charge is -2.41. The second kappa shape index (κ2) is 14.5. The Bertz CT molecular complexity index is 1990. The maximum Gasteiger partial charge on any atom is 0.264 e. The smallest absolute Gasteiger partial charge is 0.264 e. The van der Waals surface area contributed by atoms with Gasteiger partial charge in [0.15, 0.2) is 0 Å². The van der Waals surface area contributed by atoms with Crippen molar-refractivity contribution in [2.45, 2.75) is 77.4 Å². The summed E-state index contributed by atoms with van der Waals surface area (Å²) in [6.07, 6.45) is 6.01. The molecule has 0 saturated heterocycles. The zero-order valence-corrected chi connectivity index (χ0v) is 31.2. The van der Waals surface area contributed by atoms with Gasteiger partial charge in [-0.15, -0.1) is 0 Å². The molecule has 13 heteroatoms. The molecule has 0 spiro atoms. The van der Waals surface area contributed by atoms with Crippen LogP contribution in [0, 0.1) is 25.2 Å². The SMILES string of the molecule is COCC1CC(N(C)c2cncc(CN3C(=O)c4cccc(c4)S(=O)(=O)Nc4nc(cc(-c5c(C)cccc5C)n4)OC[C@H]3CC(C)(C)C)n2)C1. The van der Waals surface area contributed by atoms with Gasteiger partial charge in [-0.2, -0.15) is 4.98 Å². The van der Waals surface area contributed by atoms with Crippen molar-refractivity contribution in [3.63, 3.8) is 0 Å². The summed E-state index contributed by atoms with van der Waals surface area (Å²) < 4.78 is 41.8. The Kier molecular flexibility index (Phi) is 10.3. The lowest BCUT2D eigenvalue weighted by Crippen LogP contribution is -2.46. The predicted octanol–water partition coefficient (Wildman–Crippen LogP) is 6.05. The van der Waals surface area contributed by atoms with E-state index in [-0.39, 0.29) is 46.8 Å². The number of nitrogens with zero attached hydrogens (tertiary/aromatic N) is 6. The summed E-state index contributed by atoms with van der Waals surface area (Å²) >= 11 is 0. The van der Waals surface area contributed by atoms with E-state index >= 15 is 0 Å². The summed E-state index contributed by atoms with van der Waals surface area (Å²) in [7, 11) is -0.439. The summed E-state index contributed by atoms with van der Waals surface area (Å²) in [5.74, 6) is 0.968. The number of sulfonamides is 1. The number of carbonyl (C=O) groups is 1. The highest BCUT2D eigenvalue weighted by atomic mass is 32.2. The molecule has 4 aromatic rings. The average Bonchev–Trinajstić information content (AvgIpc) is 3.05. The second-order valence-electron chi connectivity index (χ2n) is 14.9. The molecule has 1 atom stereocenters. The van der Waals surface area contributed by atoms with Crippen LogP contribution in [0.3, 0.4) is 0 Å². The molecule has 1 aliphatic carbocycles. The zero-order valence-electron chi connectivity index (χ0n) is 30.4. The first-order valence-corrected chi connectivity index (χ1v) is 18.7. The summed E-state index contributed by atoms with van der Waals surface area (Å²) in [5, 5.41) is 0. The lowest BCUT2D eigenvalue weighted by atomic mass is 9.80. The number of hydrogen-bond acceptors (Lipinski definition) is 10. The van der Waals surface area contributed by atoms with Crippen molar-refractivity contribution in [2.24, 2.45) is 11.3 Å². The second-order valence-corrected chi connectivity index (χ2v) is 16.6. The highest BCUT2D eigenvalue weighted by Crippen LogP contribution is 2.34. The Balaban J connectivity index is 1.41. The van der Waals surface area contributed by atoms with E-state index in [2.05, 4.69) is 45.3 Å². The van der Waals surface area contributed by atoms with Crippen LogP contribution in [0.1, 0.15) is 67.2 Å². The zero-order chi connectivity index (χ0) is 36.5. The molecule has 4 bridgehead atoms. The van der Waals surface area contributed by atoms with Gasteiger partial charge in [-0.3, -0.25) is 9.78 Å². The van der Waals surface area contributed by atoms with Crippen molar-refractivity contribution in [1.29, 1.82) is 0 Å². The van der Waals surface area contributed by atoms with Crippen LogP contribution in [0.15, 0.2) is 65.8 Å². The molecule has 1 saturated carbocycles. The van der Waals surface area contributed by atoms with Gasteiger partial charge in [0.25, 0.3) is 15.9 Å². The first kappa shape index (κ1) is 36.2. The van der Waals surface area contributed by atoms with Gasteiger partial charge in [0.05, 0.1) is 41.3 Å². The minimum atomic E-state index is -4.19. The van der Waals surface area contributed by atoms with Crippen molar-refractivity contribution in [3.05, 3.63) is 83.3 Å². The fourth-order valence-electron chi connectivity index (χ4n) is 6.94. The number of amides is 1. The number of methoxy groups -OCH3 is 1. The van der Waals surface area contributed by atoms with E-state index in [1.165, 1.54) is 12.1 Å². The van der Waals surface area contributed by atoms with Gasteiger partial charge in [0.1, 0.15) is 12.4 Å². The summed E-state index contributed by atoms with van der Waals surface area (Å²) in [6, 6.07) is 13.6.